The number of nitrogens with two attached hydrogens (primary N) is 1. The summed E-state index contributed by atoms with van der Waals surface area (Å²) in [5.74, 6) is 0.0353. The fourth-order valence-electron chi connectivity index (χ4n) is 2.82. The van der Waals surface area contributed by atoms with Crippen molar-refractivity contribution in [1.29, 1.82) is 0 Å². The van der Waals surface area contributed by atoms with Gasteiger partial charge in [-0.25, -0.2) is 0 Å². The zero-order valence-electron chi connectivity index (χ0n) is 12.6. The number of nitrogens with one attached hydrogen (secondary N) is 1. The normalized spacial score (nSPS) is 17.4. The average Bonchev–Trinajstić information content (AvgIpc) is 2.95. The Hall–Kier alpha value is -1.55. The highest BCUT2D eigenvalue weighted by atomic mass is 16.2. The molecule has 0 saturated heterocycles. The average molecular weight is 275 g/mol. The van der Waals surface area contributed by atoms with Gasteiger partial charge < -0.3 is 11.1 Å². The Morgan fingerprint density at radius 3 is 2.70 bits per heavy atom. The molecule has 1 atom stereocenters. The molecule has 1 aromatic carbocycles. The molecule has 0 radical (unpaired) electrons. The first-order valence-electron chi connectivity index (χ1n) is 7.38. The van der Waals surface area contributed by atoms with Crippen molar-refractivity contribution in [3.63, 3.8) is 0 Å². The van der Waals surface area contributed by atoms with E-state index >= 15 is 0 Å². The van der Waals surface area contributed by atoms with Crippen molar-refractivity contribution < 1.29 is 4.79 Å². The van der Waals surface area contributed by atoms with Crippen LogP contribution in [0, 0.1) is 6.92 Å². The number of hydrogen-bond acceptors (Lipinski definition) is 3. The van der Waals surface area contributed by atoms with Gasteiger partial charge in [0.2, 0.25) is 5.91 Å². The molecule has 0 aromatic heterocycles. The standard InChI is InChI=1S/C16H25N3O/c1-11-8-9-13(17)10-15(11)18-16(20)12(2)19(3)14-6-4-5-7-14/h8-10,12,14H,4-7,17H2,1-3H3,(H,18,20). The van der Waals surface area contributed by atoms with Crippen molar-refractivity contribution in [1.82, 2.24) is 4.90 Å². The molecular formula is C16H25N3O. The van der Waals surface area contributed by atoms with Gasteiger partial charge in [-0.3, -0.25) is 9.69 Å². The Labute approximate surface area is 121 Å². The number of nitrogens with zero attached hydrogens (tertiary/aromatic N) is 1. The van der Waals surface area contributed by atoms with E-state index in [2.05, 4.69) is 10.2 Å². The van der Waals surface area contributed by atoms with Crippen molar-refractivity contribution in [2.24, 2.45) is 0 Å². The van der Waals surface area contributed by atoms with Crippen molar-refractivity contribution in [3.8, 4) is 0 Å². The van der Waals surface area contributed by atoms with E-state index in [1.165, 1.54) is 25.7 Å². The second kappa shape index (κ2) is 6.27. The third kappa shape index (κ3) is 3.31. The van der Waals surface area contributed by atoms with Crippen LogP contribution in [0.3, 0.4) is 0 Å². The minimum atomic E-state index is -0.126. The van der Waals surface area contributed by atoms with E-state index in [0.29, 0.717) is 11.7 Å². The molecule has 1 saturated carbocycles. The van der Waals surface area contributed by atoms with Crippen LogP contribution in [-0.4, -0.2) is 29.9 Å². The highest BCUT2D eigenvalue weighted by Gasteiger charge is 2.27. The maximum absolute atomic E-state index is 12.4. The molecule has 2 rings (SSSR count). The molecule has 1 amide bonds. The van der Waals surface area contributed by atoms with Crippen LogP contribution in [-0.2, 0) is 4.79 Å². The van der Waals surface area contributed by atoms with E-state index in [9.17, 15) is 4.79 Å². The predicted octanol–water partition coefficient (Wildman–Crippen LogP) is 2.78. The molecule has 1 fully saturated rings. The van der Waals surface area contributed by atoms with E-state index in [1.54, 1.807) is 0 Å². The van der Waals surface area contributed by atoms with Gasteiger partial charge in [0, 0.05) is 17.4 Å². The van der Waals surface area contributed by atoms with E-state index in [-0.39, 0.29) is 11.9 Å². The van der Waals surface area contributed by atoms with Gasteiger partial charge in [0.25, 0.3) is 0 Å². The second-order valence-electron chi connectivity index (χ2n) is 5.84. The van der Waals surface area contributed by atoms with Crippen LogP contribution in [0.15, 0.2) is 18.2 Å². The van der Waals surface area contributed by atoms with E-state index in [1.807, 2.05) is 39.1 Å². The van der Waals surface area contributed by atoms with Gasteiger partial charge in [-0.15, -0.1) is 0 Å². The smallest absolute Gasteiger partial charge is 0.241 e. The lowest BCUT2D eigenvalue weighted by atomic mass is 10.1. The molecule has 0 aliphatic heterocycles. The van der Waals surface area contributed by atoms with E-state index in [4.69, 9.17) is 5.73 Å². The third-order valence-electron chi connectivity index (χ3n) is 4.41. The van der Waals surface area contributed by atoms with Gasteiger partial charge in [-0.2, -0.15) is 0 Å². The number of carbonyl (C=O) groups is 1. The van der Waals surface area contributed by atoms with Gasteiger partial charge in [0.05, 0.1) is 6.04 Å². The molecule has 4 heteroatoms. The summed E-state index contributed by atoms with van der Waals surface area (Å²) in [7, 11) is 2.05. The summed E-state index contributed by atoms with van der Waals surface area (Å²) in [6, 6.07) is 6.00. The largest absolute Gasteiger partial charge is 0.399 e. The summed E-state index contributed by atoms with van der Waals surface area (Å²) in [6.07, 6.45) is 4.95. The van der Waals surface area contributed by atoms with E-state index in [0.717, 1.165) is 11.3 Å². The summed E-state index contributed by atoms with van der Waals surface area (Å²) < 4.78 is 0. The molecule has 110 valence electrons. The van der Waals surface area contributed by atoms with E-state index < -0.39 is 0 Å². The Bertz CT molecular complexity index is 481. The molecule has 3 N–H and O–H groups in total. The first-order valence-corrected chi connectivity index (χ1v) is 7.38. The number of rotatable bonds is 4. The molecule has 0 spiro atoms. The van der Waals surface area contributed by atoms with Crippen LogP contribution in [0.5, 0.6) is 0 Å². The van der Waals surface area contributed by atoms with Crippen LogP contribution in [0.4, 0.5) is 11.4 Å². The Balaban J connectivity index is 2.01. The lowest BCUT2D eigenvalue weighted by Crippen LogP contribution is -2.44. The topological polar surface area (TPSA) is 58.4 Å². The third-order valence-corrected chi connectivity index (χ3v) is 4.41. The number of amides is 1. The number of likely N-dealkylation sites (N-methyl/N-ethyl adjacent to an activating group) is 1. The van der Waals surface area contributed by atoms with Gasteiger partial charge >= 0.3 is 0 Å². The monoisotopic (exact) mass is 275 g/mol. The van der Waals surface area contributed by atoms with Gasteiger partial charge in [-0.05, 0) is 51.4 Å². The Morgan fingerprint density at radius 1 is 1.40 bits per heavy atom. The summed E-state index contributed by atoms with van der Waals surface area (Å²) in [6.45, 7) is 3.94. The Kier molecular flexibility index (Phi) is 4.65. The molecule has 1 unspecified atom stereocenters. The number of anilines is 2. The predicted molar refractivity (Wildman–Crippen MR) is 83.7 cm³/mol. The fraction of sp³-hybridized carbons (Fsp3) is 0.562. The summed E-state index contributed by atoms with van der Waals surface area (Å²) in [5, 5.41) is 2.99. The van der Waals surface area contributed by atoms with Crippen LogP contribution in [0.25, 0.3) is 0 Å². The summed E-state index contributed by atoms with van der Waals surface area (Å²) >= 11 is 0. The van der Waals surface area contributed by atoms with Crippen LogP contribution in [0.2, 0.25) is 0 Å². The Morgan fingerprint density at radius 2 is 2.05 bits per heavy atom. The molecular weight excluding hydrogens is 250 g/mol. The summed E-state index contributed by atoms with van der Waals surface area (Å²) in [4.78, 5) is 14.6. The highest BCUT2D eigenvalue weighted by Crippen LogP contribution is 2.24. The number of nitrogen functional groups attached to an aromatic ring is 1. The molecule has 20 heavy (non-hydrogen) atoms. The highest BCUT2D eigenvalue weighted by molar-refractivity contribution is 5.95. The number of carbonyl (C=O) groups excluding carboxylic acids is 1. The van der Waals surface area contributed by atoms with Crippen LogP contribution < -0.4 is 11.1 Å². The van der Waals surface area contributed by atoms with Gasteiger partial charge in [0.15, 0.2) is 0 Å². The molecule has 1 aromatic rings. The minimum Gasteiger partial charge on any atom is -0.399 e. The number of hydrogen-bond donors (Lipinski definition) is 2. The zero-order valence-corrected chi connectivity index (χ0v) is 12.6. The van der Waals surface area contributed by atoms with Gasteiger partial charge in [0.1, 0.15) is 0 Å². The SMILES string of the molecule is Cc1ccc(N)cc1NC(=O)C(C)N(C)C1CCCC1. The molecule has 0 bridgehead atoms. The van der Waals surface area contributed by atoms with Crippen LogP contribution in [0.1, 0.15) is 38.2 Å². The molecule has 0 heterocycles. The minimum absolute atomic E-state index is 0.0353. The lowest BCUT2D eigenvalue weighted by Gasteiger charge is -2.29. The fourth-order valence-corrected chi connectivity index (χ4v) is 2.82. The quantitative estimate of drug-likeness (QED) is 0.831. The zero-order chi connectivity index (χ0) is 14.7. The molecule has 1 aliphatic rings. The van der Waals surface area contributed by atoms with Crippen molar-refractivity contribution in [2.75, 3.05) is 18.1 Å². The van der Waals surface area contributed by atoms with Gasteiger partial charge in [-0.1, -0.05) is 18.9 Å². The first kappa shape index (κ1) is 14.9. The molecule has 1 aliphatic carbocycles. The van der Waals surface area contributed by atoms with Crippen LogP contribution >= 0.6 is 0 Å². The van der Waals surface area contributed by atoms with Crippen molar-refractivity contribution in [2.45, 2.75) is 51.6 Å². The lowest BCUT2D eigenvalue weighted by molar-refractivity contribution is -0.121. The van der Waals surface area contributed by atoms with Crippen molar-refractivity contribution in [3.05, 3.63) is 23.8 Å². The first-order chi connectivity index (χ1) is 9.49. The summed E-state index contributed by atoms with van der Waals surface area (Å²) in [5.41, 5.74) is 8.28. The maximum Gasteiger partial charge on any atom is 0.241 e. The second-order valence-corrected chi connectivity index (χ2v) is 5.84. The van der Waals surface area contributed by atoms with Crippen molar-refractivity contribution >= 4 is 17.3 Å². The molecule has 4 nitrogen and oxygen atoms in total. The maximum atomic E-state index is 12.4. The number of aryl methyl sites for hydroxylation is 1. The number of benzene rings is 1.